The molecule has 0 fully saturated rings. The average molecular weight is 290 g/mol. The molecule has 2 aromatic carbocycles. The zero-order valence-corrected chi connectivity index (χ0v) is 11.8. The van der Waals surface area contributed by atoms with Crippen LogP contribution in [0.15, 0.2) is 42.5 Å². The number of nitrogens with two attached hydrogens (primary N) is 1. The zero-order valence-electron chi connectivity index (χ0n) is 11.0. The number of anilines is 2. The van der Waals surface area contributed by atoms with Crippen molar-refractivity contribution in [1.29, 1.82) is 0 Å². The van der Waals surface area contributed by atoms with Crippen molar-refractivity contribution in [2.75, 3.05) is 12.4 Å². The topological polar surface area (TPSA) is 47.3 Å². The van der Waals surface area contributed by atoms with Crippen molar-refractivity contribution >= 4 is 28.6 Å². The molecule has 0 amide bonds. The number of methoxy groups -OCH3 is 1. The predicted octanol–water partition coefficient (Wildman–Crippen LogP) is 3.35. The van der Waals surface area contributed by atoms with Gasteiger partial charge in [0.25, 0.3) is 0 Å². The lowest BCUT2D eigenvalue weighted by atomic mass is 10.1. The van der Waals surface area contributed by atoms with Gasteiger partial charge in [0, 0.05) is 18.4 Å². The van der Waals surface area contributed by atoms with Gasteiger partial charge in [0.2, 0.25) is 0 Å². The summed E-state index contributed by atoms with van der Waals surface area (Å²) in [6, 6.07) is 12.3. The molecule has 0 spiro atoms. The van der Waals surface area contributed by atoms with Crippen LogP contribution in [0.2, 0.25) is 0 Å². The van der Waals surface area contributed by atoms with Gasteiger partial charge in [-0.15, -0.1) is 0 Å². The van der Waals surface area contributed by atoms with Gasteiger partial charge in [0.05, 0.1) is 17.9 Å². The quantitative estimate of drug-likeness (QED) is 0.829. The average Bonchev–Trinajstić information content (AvgIpc) is 2.41. The van der Waals surface area contributed by atoms with Gasteiger partial charge in [0.15, 0.2) is 0 Å². The maximum atomic E-state index is 13.8. The van der Waals surface area contributed by atoms with E-state index in [1.807, 2.05) is 24.3 Å². The first-order valence-electron chi connectivity index (χ1n) is 6.05. The minimum atomic E-state index is -0.438. The molecule has 0 heterocycles. The van der Waals surface area contributed by atoms with Gasteiger partial charge in [-0.25, -0.2) is 4.39 Å². The SMILES string of the molecule is COCc1ccccc1Nc1cccc(F)c1C(N)=S. The second kappa shape index (κ2) is 6.45. The summed E-state index contributed by atoms with van der Waals surface area (Å²) < 4.78 is 19.0. The summed E-state index contributed by atoms with van der Waals surface area (Å²) in [6.45, 7) is 0.459. The first kappa shape index (κ1) is 14.4. The number of nitrogens with one attached hydrogen (secondary N) is 1. The summed E-state index contributed by atoms with van der Waals surface area (Å²) in [5.74, 6) is -0.438. The van der Waals surface area contributed by atoms with Gasteiger partial charge >= 0.3 is 0 Å². The maximum Gasteiger partial charge on any atom is 0.135 e. The highest BCUT2D eigenvalue weighted by Gasteiger charge is 2.12. The first-order chi connectivity index (χ1) is 9.63. The van der Waals surface area contributed by atoms with Gasteiger partial charge in [-0.1, -0.05) is 36.5 Å². The van der Waals surface area contributed by atoms with Gasteiger partial charge in [0.1, 0.15) is 10.8 Å². The molecular formula is C15H15FN2OS. The van der Waals surface area contributed by atoms with Crippen molar-refractivity contribution in [1.82, 2.24) is 0 Å². The standard InChI is InChI=1S/C15H15FN2OS/c1-19-9-10-5-2-3-7-12(10)18-13-8-4-6-11(16)14(13)15(17)20/h2-8,18H,9H2,1H3,(H2,17,20). The van der Waals surface area contributed by atoms with Crippen LogP contribution in [0.4, 0.5) is 15.8 Å². The Kier molecular flexibility index (Phi) is 4.65. The minimum Gasteiger partial charge on any atom is -0.389 e. The molecule has 2 aromatic rings. The fourth-order valence-corrected chi connectivity index (χ4v) is 2.15. The summed E-state index contributed by atoms with van der Waals surface area (Å²) in [7, 11) is 1.62. The van der Waals surface area contributed by atoms with E-state index < -0.39 is 5.82 Å². The summed E-state index contributed by atoms with van der Waals surface area (Å²) in [5, 5.41) is 3.16. The van der Waals surface area contributed by atoms with Crippen molar-refractivity contribution in [3.63, 3.8) is 0 Å². The van der Waals surface area contributed by atoms with Crippen molar-refractivity contribution in [2.45, 2.75) is 6.61 Å². The number of hydrogen-bond donors (Lipinski definition) is 2. The van der Waals surface area contributed by atoms with E-state index in [0.29, 0.717) is 12.3 Å². The third-order valence-corrected chi connectivity index (χ3v) is 3.05. The van der Waals surface area contributed by atoms with Gasteiger partial charge in [-0.05, 0) is 18.2 Å². The highest BCUT2D eigenvalue weighted by molar-refractivity contribution is 7.80. The highest BCUT2D eigenvalue weighted by Crippen LogP contribution is 2.25. The Hall–Kier alpha value is -1.98. The monoisotopic (exact) mass is 290 g/mol. The number of rotatable bonds is 5. The van der Waals surface area contributed by atoms with Crippen LogP contribution in [-0.2, 0) is 11.3 Å². The number of para-hydroxylation sites is 1. The second-order valence-electron chi connectivity index (χ2n) is 4.24. The lowest BCUT2D eigenvalue weighted by Crippen LogP contribution is -2.14. The maximum absolute atomic E-state index is 13.8. The van der Waals surface area contributed by atoms with E-state index in [-0.39, 0.29) is 10.6 Å². The minimum absolute atomic E-state index is 0.0230. The van der Waals surface area contributed by atoms with E-state index in [0.717, 1.165) is 11.3 Å². The van der Waals surface area contributed by atoms with E-state index in [2.05, 4.69) is 5.32 Å². The molecule has 20 heavy (non-hydrogen) atoms. The van der Waals surface area contributed by atoms with Gasteiger partial charge in [-0.3, -0.25) is 0 Å². The third-order valence-electron chi connectivity index (χ3n) is 2.85. The molecule has 0 aliphatic heterocycles. The molecule has 0 unspecified atom stereocenters. The molecule has 104 valence electrons. The Morgan fingerprint density at radius 2 is 1.90 bits per heavy atom. The molecule has 0 radical (unpaired) electrons. The molecule has 2 rings (SSSR count). The molecule has 3 N–H and O–H groups in total. The van der Waals surface area contributed by atoms with Crippen molar-refractivity contribution < 1.29 is 9.13 Å². The fraction of sp³-hybridized carbons (Fsp3) is 0.133. The molecule has 0 aromatic heterocycles. The Bertz CT molecular complexity index is 631. The number of hydrogen-bond acceptors (Lipinski definition) is 3. The largest absolute Gasteiger partial charge is 0.389 e. The number of benzene rings is 2. The smallest absolute Gasteiger partial charge is 0.135 e. The molecule has 5 heteroatoms. The Labute approximate surface area is 122 Å². The van der Waals surface area contributed by atoms with E-state index in [4.69, 9.17) is 22.7 Å². The lowest BCUT2D eigenvalue weighted by Gasteiger charge is -2.15. The summed E-state index contributed by atoms with van der Waals surface area (Å²) in [4.78, 5) is 0.0230. The van der Waals surface area contributed by atoms with E-state index in [1.54, 1.807) is 19.2 Å². The second-order valence-corrected chi connectivity index (χ2v) is 4.68. The van der Waals surface area contributed by atoms with E-state index in [9.17, 15) is 4.39 Å². The molecular weight excluding hydrogens is 275 g/mol. The van der Waals surface area contributed by atoms with Gasteiger partial charge in [-0.2, -0.15) is 0 Å². The Balaban J connectivity index is 2.40. The predicted molar refractivity (Wildman–Crippen MR) is 82.7 cm³/mol. The first-order valence-corrected chi connectivity index (χ1v) is 6.46. The number of halogens is 1. The summed E-state index contributed by atoms with van der Waals surface area (Å²) in [5.41, 5.74) is 8.15. The fourth-order valence-electron chi connectivity index (χ4n) is 1.95. The van der Waals surface area contributed by atoms with Crippen LogP contribution in [-0.4, -0.2) is 12.1 Å². The Morgan fingerprint density at radius 1 is 1.20 bits per heavy atom. The van der Waals surface area contributed by atoms with E-state index >= 15 is 0 Å². The Morgan fingerprint density at radius 3 is 2.60 bits per heavy atom. The molecule has 0 saturated carbocycles. The number of thiocarbonyl (C=S) groups is 1. The molecule has 0 aliphatic rings. The van der Waals surface area contributed by atoms with Crippen LogP contribution in [0.3, 0.4) is 0 Å². The van der Waals surface area contributed by atoms with Crippen LogP contribution in [0.25, 0.3) is 0 Å². The molecule has 0 saturated heterocycles. The lowest BCUT2D eigenvalue weighted by molar-refractivity contribution is 0.185. The van der Waals surface area contributed by atoms with Crippen LogP contribution in [0.1, 0.15) is 11.1 Å². The van der Waals surface area contributed by atoms with Crippen LogP contribution < -0.4 is 11.1 Å². The van der Waals surface area contributed by atoms with Crippen LogP contribution in [0, 0.1) is 5.82 Å². The van der Waals surface area contributed by atoms with Crippen molar-refractivity contribution in [2.24, 2.45) is 5.73 Å². The highest BCUT2D eigenvalue weighted by atomic mass is 32.1. The summed E-state index contributed by atoms with van der Waals surface area (Å²) in [6.07, 6.45) is 0. The summed E-state index contributed by atoms with van der Waals surface area (Å²) >= 11 is 4.91. The molecule has 0 aliphatic carbocycles. The molecule has 0 bridgehead atoms. The van der Waals surface area contributed by atoms with Crippen molar-refractivity contribution in [3.8, 4) is 0 Å². The zero-order chi connectivity index (χ0) is 14.5. The number of ether oxygens (including phenoxy) is 1. The molecule has 3 nitrogen and oxygen atoms in total. The van der Waals surface area contributed by atoms with Gasteiger partial charge < -0.3 is 15.8 Å². The third kappa shape index (κ3) is 3.12. The van der Waals surface area contributed by atoms with Crippen molar-refractivity contribution in [3.05, 3.63) is 59.4 Å². The van der Waals surface area contributed by atoms with Crippen LogP contribution in [0.5, 0.6) is 0 Å². The molecule has 0 atom stereocenters. The van der Waals surface area contributed by atoms with E-state index in [1.165, 1.54) is 6.07 Å². The van der Waals surface area contributed by atoms with Crippen LogP contribution >= 0.6 is 12.2 Å². The normalized spacial score (nSPS) is 10.3.